The molecule has 0 atom stereocenters. The van der Waals surface area contributed by atoms with Crippen molar-refractivity contribution in [3.05, 3.63) is 102 Å². The van der Waals surface area contributed by atoms with Crippen molar-refractivity contribution in [3.63, 3.8) is 0 Å². The predicted octanol–water partition coefficient (Wildman–Crippen LogP) is 4.76. The quantitative estimate of drug-likeness (QED) is 0.417. The largest absolute Gasteiger partial charge is 0.508 e. The first-order chi connectivity index (χ1) is 13.2. The molecule has 4 aromatic rings. The Kier molecular flexibility index (Phi) is 4.54. The minimum absolute atomic E-state index is 0.227. The van der Waals surface area contributed by atoms with Crippen LogP contribution in [0.1, 0.15) is 16.7 Å². The highest BCUT2D eigenvalue weighted by atomic mass is 16.3. The van der Waals surface area contributed by atoms with E-state index in [-0.39, 0.29) is 5.75 Å². The van der Waals surface area contributed by atoms with Crippen LogP contribution >= 0.6 is 0 Å². The van der Waals surface area contributed by atoms with Gasteiger partial charge in [0.05, 0.1) is 6.21 Å². The molecular formula is C23H19N3O. The smallest absolute Gasteiger partial charge is 0.115 e. The summed E-state index contributed by atoms with van der Waals surface area (Å²) in [4.78, 5) is 0. The molecule has 0 radical (unpaired) electrons. The molecule has 0 saturated heterocycles. The molecule has 3 aromatic carbocycles. The zero-order chi connectivity index (χ0) is 18.6. The average molecular weight is 353 g/mol. The Bertz CT molecular complexity index is 1120. The van der Waals surface area contributed by atoms with Crippen LogP contribution in [-0.2, 0) is 7.05 Å². The molecule has 0 aliphatic heterocycles. The minimum Gasteiger partial charge on any atom is -0.508 e. The van der Waals surface area contributed by atoms with Gasteiger partial charge in [-0.25, -0.2) is 0 Å². The average Bonchev–Trinajstić information content (AvgIpc) is 3.03. The first-order valence-electron chi connectivity index (χ1n) is 8.72. The summed E-state index contributed by atoms with van der Waals surface area (Å²) in [6.07, 6.45) is 3.83. The van der Waals surface area contributed by atoms with E-state index in [0.717, 1.165) is 33.3 Å². The Morgan fingerprint density at radius 2 is 1.52 bits per heavy atom. The van der Waals surface area contributed by atoms with Crippen LogP contribution in [0.15, 0.2) is 95.3 Å². The number of aryl methyl sites for hydroxylation is 1. The number of benzene rings is 3. The SMILES string of the molecule is Cn1cc(/C=N/N=C(/c2ccccc2)c2ccc(O)cc2)c2ccccc21. The molecule has 4 nitrogen and oxygen atoms in total. The van der Waals surface area contributed by atoms with Gasteiger partial charge in [-0.2, -0.15) is 5.10 Å². The number of fused-ring (bicyclic) bond motifs is 1. The second kappa shape index (κ2) is 7.30. The van der Waals surface area contributed by atoms with E-state index in [4.69, 9.17) is 0 Å². The first-order valence-corrected chi connectivity index (χ1v) is 8.72. The van der Waals surface area contributed by atoms with Gasteiger partial charge in [-0.3, -0.25) is 0 Å². The number of nitrogens with zero attached hydrogens (tertiary/aromatic N) is 3. The number of phenolic OH excluding ortho intramolecular Hbond substituents is 1. The van der Waals surface area contributed by atoms with E-state index in [1.54, 1.807) is 18.3 Å². The predicted molar refractivity (Wildman–Crippen MR) is 111 cm³/mol. The van der Waals surface area contributed by atoms with Crippen molar-refractivity contribution in [2.45, 2.75) is 0 Å². The maximum absolute atomic E-state index is 9.56. The topological polar surface area (TPSA) is 49.9 Å². The van der Waals surface area contributed by atoms with Crippen molar-refractivity contribution in [2.75, 3.05) is 0 Å². The highest BCUT2D eigenvalue weighted by Crippen LogP contribution is 2.19. The van der Waals surface area contributed by atoms with Gasteiger partial charge in [0.15, 0.2) is 0 Å². The molecule has 0 bridgehead atoms. The van der Waals surface area contributed by atoms with Gasteiger partial charge in [-0.1, -0.05) is 48.5 Å². The van der Waals surface area contributed by atoms with E-state index < -0.39 is 0 Å². The maximum Gasteiger partial charge on any atom is 0.115 e. The molecule has 4 heteroatoms. The van der Waals surface area contributed by atoms with Crippen LogP contribution in [0, 0.1) is 0 Å². The molecule has 0 unspecified atom stereocenters. The normalized spacial score (nSPS) is 12.1. The third kappa shape index (κ3) is 3.51. The number of rotatable bonds is 4. The number of para-hydroxylation sites is 1. The van der Waals surface area contributed by atoms with Crippen LogP contribution < -0.4 is 0 Å². The minimum atomic E-state index is 0.227. The summed E-state index contributed by atoms with van der Waals surface area (Å²) in [5, 5.41) is 19.6. The van der Waals surface area contributed by atoms with Crippen molar-refractivity contribution < 1.29 is 5.11 Å². The van der Waals surface area contributed by atoms with Crippen LogP contribution in [0.2, 0.25) is 0 Å². The second-order valence-electron chi connectivity index (χ2n) is 6.32. The molecule has 1 N–H and O–H groups in total. The summed E-state index contributed by atoms with van der Waals surface area (Å²) in [6.45, 7) is 0. The van der Waals surface area contributed by atoms with E-state index in [9.17, 15) is 5.11 Å². The molecule has 27 heavy (non-hydrogen) atoms. The lowest BCUT2D eigenvalue weighted by Gasteiger charge is -2.05. The van der Waals surface area contributed by atoms with Crippen LogP contribution in [0.5, 0.6) is 5.75 Å². The van der Waals surface area contributed by atoms with Gasteiger partial charge in [-0.15, -0.1) is 5.10 Å². The fraction of sp³-hybridized carbons (Fsp3) is 0.0435. The third-order valence-electron chi connectivity index (χ3n) is 4.47. The van der Waals surface area contributed by atoms with Gasteiger partial charge in [0.2, 0.25) is 0 Å². The van der Waals surface area contributed by atoms with Gasteiger partial charge in [-0.05, 0) is 30.3 Å². The van der Waals surface area contributed by atoms with Crippen LogP contribution in [0.4, 0.5) is 0 Å². The molecule has 132 valence electrons. The summed E-state index contributed by atoms with van der Waals surface area (Å²) >= 11 is 0. The van der Waals surface area contributed by atoms with Gasteiger partial charge < -0.3 is 9.67 Å². The van der Waals surface area contributed by atoms with Crippen molar-refractivity contribution in [3.8, 4) is 5.75 Å². The fourth-order valence-electron chi connectivity index (χ4n) is 3.12. The second-order valence-corrected chi connectivity index (χ2v) is 6.32. The zero-order valence-electron chi connectivity index (χ0n) is 14.9. The van der Waals surface area contributed by atoms with Crippen molar-refractivity contribution in [1.29, 1.82) is 0 Å². The fourth-order valence-corrected chi connectivity index (χ4v) is 3.12. The molecule has 0 aliphatic carbocycles. The molecule has 0 saturated carbocycles. The van der Waals surface area contributed by atoms with E-state index >= 15 is 0 Å². The number of hydrogen-bond acceptors (Lipinski definition) is 3. The lowest BCUT2D eigenvalue weighted by atomic mass is 10.0. The number of hydrogen-bond donors (Lipinski definition) is 1. The van der Waals surface area contributed by atoms with E-state index in [2.05, 4.69) is 26.9 Å². The molecule has 0 spiro atoms. The number of phenols is 1. The standard InChI is InChI=1S/C23H19N3O/c1-26-16-19(21-9-5-6-10-22(21)26)15-24-25-23(17-7-3-2-4-8-17)18-11-13-20(27)14-12-18/h2-16,27H,1H3/b24-15+,25-23-. The van der Waals surface area contributed by atoms with Crippen LogP contribution in [-0.4, -0.2) is 21.6 Å². The van der Waals surface area contributed by atoms with Crippen LogP contribution in [0.3, 0.4) is 0 Å². The number of aromatic hydroxyl groups is 1. The Labute approximate surface area is 157 Å². The summed E-state index contributed by atoms with van der Waals surface area (Å²) in [7, 11) is 2.02. The maximum atomic E-state index is 9.56. The molecule has 0 amide bonds. The summed E-state index contributed by atoms with van der Waals surface area (Å²) in [6, 6.07) is 25.1. The Morgan fingerprint density at radius 1 is 0.852 bits per heavy atom. The van der Waals surface area contributed by atoms with Crippen molar-refractivity contribution in [2.24, 2.45) is 17.3 Å². The highest BCUT2D eigenvalue weighted by molar-refractivity contribution is 6.13. The molecule has 0 aliphatic rings. The summed E-state index contributed by atoms with van der Waals surface area (Å²) < 4.78 is 2.08. The monoisotopic (exact) mass is 353 g/mol. The Hall–Kier alpha value is -3.66. The molecule has 4 rings (SSSR count). The molecule has 1 aromatic heterocycles. The Morgan fingerprint density at radius 3 is 2.30 bits per heavy atom. The van der Waals surface area contributed by atoms with E-state index in [1.807, 2.05) is 67.8 Å². The van der Waals surface area contributed by atoms with Gasteiger partial charge in [0.25, 0.3) is 0 Å². The molecular weight excluding hydrogens is 334 g/mol. The third-order valence-corrected chi connectivity index (χ3v) is 4.47. The first kappa shape index (κ1) is 16.8. The highest BCUT2D eigenvalue weighted by Gasteiger charge is 2.07. The van der Waals surface area contributed by atoms with Crippen molar-refractivity contribution >= 4 is 22.8 Å². The van der Waals surface area contributed by atoms with Gasteiger partial charge in [0.1, 0.15) is 11.5 Å². The Balaban J connectivity index is 1.74. The van der Waals surface area contributed by atoms with E-state index in [0.29, 0.717) is 0 Å². The van der Waals surface area contributed by atoms with Gasteiger partial charge >= 0.3 is 0 Å². The van der Waals surface area contributed by atoms with Gasteiger partial charge in [0, 0.05) is 40.8 Å². The lowest BCUT2D eigenvalue weighted by molar-refractivity contribution is 0.475. The zero-order valence-corrected chi connectivity index (χ0v) is 14.9. The summed E-state index contributed by atoms with van der Waals surface area (Å²) in [5.74, 6) is 0.227. The molecule has 1 heterocycles. The number of aromatic nitrogens is 1. The van der Waals surface area contributed by atoms with E-state index in [1.165, 1.54) is 0 Å². The summed E-state index contributed by atoms with van der Waals surface area (Å²) in [5.41, 5.74) is 4.80. The van der Waals surface area contributed by atoms with Crippen LogP contribution in [0.25, 0.3) is 10.9 Å². The molecule has 0 fully saturated rings. The van der Waals surface area contributed by atoms with Crippen molar-refractivity contribution in [1.82, 2.24) is 4.57 Å². The lowest BCUT2D eigenvalue weighted by Crippen LogP contribution is -2.02.